The van der Waals surface area contributed by atoms with Crippen molar-refractivity contribution in [2.24, 2.45) is 0 Å². The van der Waals surface area contributed by atoms with Crippen LogP contribution in [0.2, 0.25) is 0 Å². The van der Waals surface area contributed by atoms with Gasteiger partial charge in [-0.1, -0.05) is 43.3 Å². The molecule has 110 valence electrons. The third-order valence-corrected chi connectivity index (χ3v) is 3.52. The molecule has 3 rings (SSSR count). The number of carbonyl (C=O) groups is 1. The highest BCUT2D eigenvalue weighted by molar-refractivity contribution is 5.91. The Balaban J connectivity index is 1.91. The highest BCUT2D eigenvalue weighted by Crippen LogP contribution is 2.23. The van der Waals surface area contributed by atoms with E-state index in [1.807, 2.05) is 61.5 Å². The lowest BCUT2D eigenvalue weighted by molar-refractivity contribution is -0.116. The molecule has 22 heavy (non-hydrogen) atoms. The summed E-state index contributed by atoms with van der Waals surface area (Å²) in [4.78, 5) is 16.4. The highest BCUT2D eigenvalue weighted by Gasteiger charge is 2.05. The number of nitrogens with zero attached hydrogens (tertiary/aromatic N) is 1. The van der Waals surface area contributed by atoms with Gasteiger partial charge in [0, 0.05) is 23.1 Å². The Labute approximate surface area is 130 Å². The summed E-state index contributed by atoms with van der Waals surface area (Å²) >= 11 is 0. The van der Waals surface area contributed by atoms with E-state index in [4.69, 9.17) is 0 Å². The van der Waals surface area contributed by atoms with Crippen LogP contribution in [0.5, 0.6) is 0 Å². The number of hydrogen-bond donors (Lipinski definition) is 1. The average molecular weight is 290 g/mol. The molecular formula is C19H18N2O. The van der Waals surface area contributed by atoms with E-state index in [1.165, 1.54) is 0 Å². The quantitative estimate of drug-likeness (QED) is 0.760. The first-order valence-electron chi connectivity index (χ1n) is 7.52. The van der Waals surface area contributed by atoms with Crippen LogP contribution in [-0.2, 0) is 4.79 Å². The lowest BCUT2D eigenvalue weighted by Crippen LogP contribution is -2.10. The van der Waals surface area contributed by atoms with E-state index in [9.17, 15) is 4.79 Å². The number of fused-ring (bicyclic) bond motifs is 1. The standard InChI is InChI=1S/C19H18N2O/c1-2-6-19(22)20-16-9-5-8-15(13-16)18-12-11-14-7-3-4-10-17(14)21-18/h3-5,7-13H,2,6H2,1H3,(H,20,22). The summed E-state index contributed by atoms with van der Waals surface area (Å²) in [5.41, 5.74) is 3.69. The van der Waals surface area contributed by atoms with Crippen molar-refractivity contribution in [1.29, 1.82) is 0 Å². The number of aromatic nitrogens is 1. The number of para-hydroxylation sites is 1. The summed E-state index contributed by atoms with van der Waals surface area (Å²) in [6.45, 7) is 2.00. The number of pyridine rings is 1. The average Bonchev–Trinajstić information content (AvgIpc) is 2.55. The third kappa shape index (κ3) is 3.14. The molecule has 0 unspecified atom stereocenters. The van der Waals surface area contributed by atoms with Gasteiger partial charge in [-0.3, -0.25) is 4.79 Å². The summed E-state index contributed by atoms with van der Waals surface area (Å²) in [5.74, 6) is 0.0473. The van der Waals surface area contributed by atoms with Gasteiger partial charge in [0.25, 0.3) is 0 Å². The van der Waals surface area contributed by atoms with Gasteiger partial charge in [-0.25, -0.2) is 4.98 Å². The fourth-order valence-electron chi connectivity index (χ4n) is 2.43. The van der Waals surface area contributed by atoms with Gasteiger partial charge in [-0.2, -0.15) is 0 Å². The number of carbonyl (C=O) groups excluding carboxylic acids is 1. The largest absolute Gasteiger partial charge is 0.326 e. The van der Waals surface area contributed by atoms with Crippen molar-refractivity contribution < 1.29 is 4.79 Å². The van der Waals surface area contributed by atoms with Crippen molar-refractivity contribution >= 4 is 22.5 Å². The second-order valence-corrected chi connectivity index (χ2v) is 5.27. The Morgan fingerprint density at radius 1 is 1.05 bits per heavy atom. The van der Waals surface area contributed by atoms with Crippen molar-refractivity contribution in [3.63, 3.8) is 0 Å². The molecule has 2 aromatic carbocycles. The van der Waals surface area contributed by atoms with E-state index in [-0.39, 0.29) is 5.91 Å². The van der Waals surface area contributed by atoms with Gasteiger partial charge in [0.2, 0.25) is 5.91 Å². The number of nitrogens with one attached hydrogen (secondary N) is 1. The molecule has 0 aliphatic rings. The van der Waals surface area contributed by atoms with Gasteiger partial charge in [0.1, 0.15) is 0 Å². The third-order valence-electron chi connectivity index (χ3n) is 3.52. The van der Waals surface area contributed by atoms with Crippen LogP contribution in [0.1, 0.15) is 19.8 Å². The molecule has 3 nitrogen and oxygen atoms in total. The molecule has 0 saturated carbocycles. The van der Waals surface area contributed by atoms with Crippen molar-refractivity contribution in [1.82, 2.24) is 4.98 Å². The maximum absolute atomic E-state index is 11.7. The maximum Gasteiger partial charge on any atom is 0.224 e. The molecule has 0 aliphatic heterocycles. The zero-order chi connectivity index (χ0) is 15.4. The van der Waals surface area contributed by atoms with E-state index in [0.717, 1.165) is 34.3 Å². The molecule has 1 heterocycles. The second-order valence-electron chi connectivity index (χ2n) is 5.27. The van der Waals surface area contributed by atoms with Gasteiger partial charge >= 0.3 is 0 Å². The number of benzene rings is 2. The lowest BCUT2D eigenvalue weighted by Gasteiger charge is -2.07. The zero-order valence-corrected chi connectivity index (χ0v) is 12.5. The predicted octanol–water partition coefficient (Wildman–Crippen LogP) is 4.64. The topological polar surface area (TPSA) is 42.0 Å². The Morgan fingerprint density at radius 2 is 1.91 bits per heavy atom. The van der Waals surface area contributed by atoms with Crippen LogP contribution >= 0.6 is 0 Å². The first-order chi connectivity index (χ1) is 10.8. The van der Waals surface area contributed by atoms with Crippen molar-refractivity contribution in [2.75, 3.05) is 5.32 Å². The van der Waals surface area contributed by atoms with Crippen molar-refractivity contribution in [3.05, 3.63) is 60.7 Å². The van der Waals surface area contributed by atoms with Crippen LogP contribution in [0.4, 0.5) is 5.69 Å². The first-order valence-corrected chi connectivity index (χ1v) is 7.52. The summed E-state index contributed by atoms with van der Waals surface area (Å²) < 4.78 is 0. The summed E-state index contributed by atoms with van der Waals surface area (Å²) in [5, 5.41) is 4.05. The molecule has 1 N–H and O–H groups in total. The molecule has 0 aliphatic carbocycles. The normalized spacial score (nSPS) is 10.6. The van der Waals surface area contributed by atoms with E-state index < -0.39 is 0 Å². The van der Waals surface area contributed by atoms with Crippen LogP contribution in [0.15, 0.2) is 60.7 Å². The van der Waals surface area contributed by atoms with Crippen molar-refractivity contribution in [3.8, 4) is 11.3 Å². The number of anilines is 1. The Morgan fingerprint density at radius 3 is 2.77 bits per heavy atom. The molecule has 0 fully saturated rings. The summed E-state index contributed by atoms with van der Waals surface area (Å²) in [6.07, 6.45) is 1.39. The zero-order valence-electron chi connectivity index (χ0n) is 12.5. The molecule has 0 radical (unpaired) electrons. The highest BCUT2D eigenvalue weighted by atomic mass is 16.1. The second kappa shape index (κ2) is 6.39. The van der Waals surface area contributed by atoms with Gasteiger partial charge in [-0.05, 0) is 30.7 Å². The van der Waals surface area contributed by atoms with E-state index in [0.29, 0.717) is 6.42 Å². The molecule has 0 bridgehead atoms. The number of hydrogen-bond acceptors (Lipinski definition) is 2. The van der Waals surface area contributed by atoms with Gasteiger partial charge in [0.05, 0.1) is 11.2 Å². The smallest absolute Gasteiger partial charge is 0.224 e. The molecule has 1 aromatic heterocycles. The Bertz CT molecular complexity index is 811. The molecule has 0 spiro atoms. The monoisotopic (exact) mass is 290 g/mol. The predicted molar refractivity (Wildman–Crippen MR) is 90.7 cm³/mol. The number of rotatable bonds is 4. The van der Waals surface area contributed by atoms with Crippen molar-refractivity contribution in [2.45, 2.75) is 19.8 Å². The van der Waals surface area contributed by atoms with E-state index in [1.54, 1.807) is 0 Å². The van der Waals surface area contributed by atoms with Crippen LogP contribution in [0.3, 0.4) is 0 Å². The van der Waals surface area contributed by atoms with E-state index in [2.05, 4.69) is 16.4 Å². The van der Waals surface area contributed by atoms with Gasteiger partial charge in [-0.15, -0.1) is 0 Å². The SMILES string of the molecule is CCCC(=O)Nc1cccc(-c2ccc3ccccc3n2)c1. The molecule has 1 amide bonds. The lowest BCUT2D eigenvalue weighted by atomic mass is 10.1. The molecule has 0 atom stereocenters. The maximum atomic E-state index is 11.7. The summed E-state index contributed by atoms with van der Waals surface area (Å²) in [6, 6.07) is 19.9. The Hall–Kier alpha value is -2.68. The van der Waals surface area contributed by atoms with Gasteiger partial charge in [0.15, 0.2) is 0 Å². The van der Waals surface area contributed by atoms with Crippen LogP contribution < -0.4 is 5.32 Å². The fourth-order valence-corrected chi connectivity index (χ4v) is 2.43. The minimum Gasteiger partial charge on any atom is -0.326 e. The minimum absolute atomic E-state index is 0.0473. The molecule has 3 heteroatoms. The molecule has 3 aromatic rings. The Kier molecular flexibility index (Phi) is 4.15. The molecular weight excluding hydrogens is 272 g/mol. The van der Waals surface area contributed by atoms with Crippen LogP contribution in [0.25, 0.3) is 22.2 Å². The first kappa shape index (κ1) is 14.3. The minimum atomic E-state index is 0.0473. The number of amides is 1. The fraction of sp³-hybridized carbons (Fsp3) is 0.158. The van der Waals surface area contributed by atoms with Crippen LogP contribution in [-0.4, -0.2) is 10.9 Å². The van der Waals surface area contributed by atoms with Gasteiger partial charge < -0.3 is 5.32 Å². The van der Waals surface area contributed by atoms with E-state index >= 15 is 0 Å². The van der Waals surface area contributed by atoms with Crippen LogP contribution in [0, 0.1) is 0 Å². The molecule has 0 saturated heterocycles. The summed E-state index contributed by atoms with van der Waals surface area (Å²) in [7, 11) is 0.